The van der Waals surface area contributed by atoms with Crippen LogP contribution in [0.3, 0.4) is 0 Å². The van der Waals surface area contributed by atoms with Crippen LogP contribution in [0.5, 0.6) is 0 Å². The second-order valence-corrected chi connectivity index (χ2v) is 10.2. The van der Waals surface area contributed by atoms with Gasteiger partial charge in [-0.2, -0.15) is 23.4 Å². The fourth-order valence-electron chi connectivity index (χ4n) is 3.80. The summed E-state index contributed by atoms with van der Waals surface area (Å²) in [5, 5.41) is 11.2. The Balaban J connectivity index is 1.59. The number of fused-ring (bicyclic) bond motifs is 1. The second-order valence-electron chi connectivity index (χ2n) is 8.30. The number of nitrogens with one attached hydrogen (secondary N) is 1. The van der Waals surface area contributed by atoms with E-state index in [1.165, 1.54) is 10.7 Å². The van der Waals surface area contributed by atoms with E-state index >= 15 is 0 Å². The number of primary amides is 1. The van der Waals surface area contributed by atoms with Crippen LogP contribution in [0.1, 0.15) is 31.4 Å². The van der Waals surface area contributed by atoms with Gasteiger partial charge in [0.25, 0.3) is 11.8 Å². The molecular formula is C24H17BrF3N7O2S. The van der Waals surface area contributed by atoms with Crippen LogP contribution in [0.4, 0.5) is 18.9 Å². The van der Waals surface area contributed by atoms with Crippen molar-refractivity contribution in [1.82, 2.24) is 24.5 Å². The van der Waals surface area contributed by atoms with Gasteiger partial charge in [-0.3, -0.25) is 14.3 Å². The number of amides is 2. The van der Waals surface area contributed by atoms with Crippen LogP contribution < -0.4 is 11.1 Å². The molecule has 0 fully saturated rings. The first kappa shape index (κ1) is 25.6. The van der Waals surface area contributed by atoms with E-state index in [1.807, 2.05) is 6.92 Å². The number of aromatic nitrogens is 5. The van der Waals surface area contributed by atoms with Gasteiger partial charge in [0.05, 0.1) is 16.4 Å². The summed E-state index contributed by atoms with van der Waals surface area (Å²) in [5.74, 6) is -1.59. The number of benzene rings is 1. The number of aryl methyl sites for hydroxylation is 1. The summed E-state index contributed by atoms with van der Waals surface area (Å²) in [4.78, 5) is 29.0. The fourth-order valence-corrected chi connectivity index (χ4v) is 5.14. The zero-order valence-corrected chi connectivity index (χ0v) is 21.9. The van der Waals surface area contributed by atoms with Crippen LogP contribution in [-0.4, -0.2) is 36.4 Å². The molecule has 0 bridgehead atoms. The minimum atomic E-state index is -4.73. The molecule has 0 saturated heterocycles. The van der Waals surface area contributed by atoms with Crippen LogP contribution >= 0.6 is 27.3 Å². The summed E-state index contributed by atoms with van der Waals surface area (Å²) in [6.45, 7) is 2.08. The third-order valence-electron chi connectivity index (χ3n) is 5.54. The van der Waals surface area contributed by atoms with Crippen LogP contribution in [-0.2, 0) is 12.8 Å². The van der Waals surface area contributed by atoms with Gasteiger partial charge in [-0.15, -0.1) is 11.3 Å². The highest BCUT2D eigenvalue weighted by Gasteiger charge is 2.35. The van der Waals surface area contributed by atoms with Crippen molar-refractivity contribution in [3.8, 4) is 11.1 Å². The number of thiophene rings is 1. The highest BCUT2D eigenvalue weighted by atomic mass is 79.9. The van der Waals surface area contributed by atoms with Gasteiger partial charge in [-0.05, 0) is 46.1 Å². The van der Waals surface area contributed by atoms with E-state index in [2.05, 4.69) is 36.4 Å². The summed E-state index contributed by atoms with van der Waals surface area (Å²) < 4.78 is 44.9. The fraction of sp³-hybridized carbons (Fsp3) is 0.125. The predicted octanol–water partition coefficient (Wildman–Crippen LogP) is 5.30. The van der Waals surface area contributed by atoms with E-state index in [9.17, 15) is 22.8 Å². The molecule has 3 N–H and O–H groups in total. The predicted molar refractivity (Wildman–Crippen MR) is 139 cm³/mol. The minimum absolute atomic E-state index is 0.0164. The lowest BCUT2D eigenvalue weighted by atomic mass is 10.00. The maximum atomic E-state index is 13.7. The van der Waals surface area contributed by atoms with Crippen LogP contribution in [0, 0.1) is 6.92 Å². The van der Waals surface area contributed by atoms with E-state index in [1.54, 1.807) is 47.5 Å². The molecule has 194 valence electrons. The number of nitrogens with two attached hydrogens (primary N) is 1. The quantitative estimate of drug-likeness (QED) is 0.273. The monoisotopic (exact) mass is 603 g/mol. The lowest BCUT2D eigenvalue weighted by Crippen LogP contribution is -2.18. The standard InChI is InChI=1S/C24H17BrF3N7O2S/c1-12-2-4-13(5-3-12)15-8-17(24(26,27)28)31-23-18(15)19(20(38-23)21(29)36)32-22(37)16-6-7-34(33-16)11-35-10-14(25)9-30-35/h2-10H,11H2,1H3,(H2,29,36)(H,32,37). The number of halogens is 4. The molecular weight excluding hydrogens is 587 g/mol. The lowest BCUT2D eigenvalue weighted by molar-refractivity contribution is -0.140. The van der Waals surface area contributed by atoms with Crippen molar-refractivity contribution >= 4 is 55.0 Å². The number of pyridine rings is 1. The number of hydrogen-bond donors (Lipinski definition) is 2. The van der Waals surface area contributed by atoms with Crippen molar-refractivity contribution in [3.05, 3.63) is 81.3 Å². The molecule has 0 aliphatic heterocycles. The molecule has 5 aromatic rings. The Labute approximate surface area is 225 Å². The maximum Gasteiger partial charge on any atom is 0.433 e. The largest absolute Gasteiger partial charge is 0.433 e. The Morgan fingerprint density at radius 3 is 2.53 bits per heavy atom. The number of hydrogen-bond acceptors (Lipinski definition) is 6. The van der Waals surface area contributed by atoms with Gasteiger partial charge in [0.15, 0.2) is 5.69 Å². The molecule has 0 aliphatic rings. The van der Waals surface area contributed by atoms with Gasteiger partial charge in [0.2, 0.25) is 0 Å². The van der Waals surface area contributed by atoms with E-state index in [-0.39, 0.29) is 38.7 Å². The molecule has 0 radical (unpaired) electrons. The molecule has 2 amide bonds. The number of carbonyl (C=O) groups is 2. The Hall–Kier alpha value is -4.04. The molecule has 0 unspecified atom stereocenters. The molecule has 14 heteroatoms. The molecule has 4 heterocycles. The smallest absolute Gasteiger partial charge is 0.365 e. The minimum Gasteiger partial charge on any atom is -0.365 e. The molecule has 4 aromatic heterocycles. The van der Waals surface area contributed by atoms with E-state index in [4.69, 9.17) is 5.73 Å². The zero-order valence-electron chi connectivity index (χ0n) is 19.5. The third kappa shape index (κ3) is 5.04. The molecule has 38 heavy (non-hydrogen) atoms. The summed E-state index contributed by atoms with van der Waals surface area (Å²) in [5.41, 5.74) is 5.93. The third-order valence-corrected chi connectivity index (χ3v) is 7.05. The summed E-state index contributed by atoms with van der Waals surface area (Å²) in [6.07, 6.45) is 0.173. The van der Waals surface area contributed by atoms with Crippen LogP contribution in [0.25, 0.3) is 21.3 Å². The highest BCUT2D eigenvalue weighted by Crippen LogP contribution is 2.43. The summed E-state index contributed by atoms with van der Waals surface area (Å²) >= 11 is 3.98. The van der Waals surface area contributed by atoms with E-state index in [0.29, 0.717) is 16.9 Å². The summed E-state index contributed by atoms with van der Waals surface area (Å²) in [7, 11) is 0. The number of rotatable bonds is 6. The first-order valence-electron chi connectivity index (χ1n) is 10.9. The van der Waals surface area contributed by atoms with E-state index < -0.39 is 23.7 Å². The Morgan fingerprint density at radius 1 is 1.16 bits per heavy atom. The first-order chi connectivity index (χ1) is 18.0. The van der Waals surface area contributed by atoms with Crippen molar-refractivity contribution in [3.63, 3.8) is 0 Å². The molecule has 1 aromatic carbocycles. The van der Waals surface area contributed by atoms with Crippen molar-refractivity contribution in [2.45, 2.75) is 19.8 Å². The van der Waals surface area contributed by atoms with Crippen molar-refractivity contribution in [2.24, 2.45) is 5.73 Å². The molecule has 0 aliphatic carbocycles. The normalized spacial score (nSPS) is 11.7. The van der Waals surface area contributed by atoms with Crippen LogP contribution in [0.2, 0.25) is 0 Å². The number of anilines is 1. The van der Waals surface area contributed by atoms with Crippen molar-refractivity contribution < 1.29 is 22.8 Å². The maximum absolute atomic E-state index is 13.7. The van der Waals surface area contributed by atoms with Crippen molar-refractivity contribution in [1.29, 1.82) is 0 Å². The number of carbonyl (C=O) groups excluding carboxylic acids is 2. The van der Waals surface area contributed by atoms with Gasteiger partial charge >= 0.3 is 6.18 Å². The highest BCUT2D eigenvalue weighted by molar-refractivity contribution is 9.10. The SMILES string of the molecule is Cc1ccc(-c2cc(C(F)(F)F)nc3sc(C(N)=O)c(NC(=O)c4ccn(Cn5cc(Br)cn5)n4)c23)cc1. The molecule has 9 nitrogen and oxygen atoms in total. The van der Waals surface area contributed by atoms with Gasteiger partial charge in [-0.25, -0.2) is 9.67 Å². The summed E-state index contributed by atoms with van der Waals surface area (Å²) in [6, 6.07) is 9.18. The molecule has 0 spiro atoms. The first-order valence-corrected chi connectivity index (χ1v) is 12.5. The average Bonchev–Trinajstić information content (AvgIpc) is 3.58. The molecule has 0 saturated carbocycles. The number of alkyl halides is 3. The Morgan fingerprint density at radius 2 is 1.89 bits per heavy atom. The Bertz CT molecular complexity index is 1690. The van der Waals surface area contributed by atoms with Gasteiger partial charge in [-0.1, -0.05) is 29.8 Å². The van der Waals surface area contributed by atoms with Gasteiger partial charge < -0.3 is 11.1 Å². The molecule has 0 atom stereocenters. The van der Waals surface area contributed by atoms with Gasteiger partial charge in [0.1, 0.15) is 22.1 Å². The number of nitrogens with zero attached hydrogens (tertiary/aromatic N) is 5. The van der Waals surface area contributed by atoms with Gasteiger partial charge in [0, 0.05) is 17.8 Å². The average molecular weight is 604 g/mol. The van der Waals surface area contributed by atoms with Crippen molar-refractivity contribution in [2.75, 3.05) is 5.32 Å². The second kappa shape index (κ2) is 9.68. The Kier molecular flexibility index (Phi) is 6.53. The molecule has 5 rings (SSSR count). The zero-order chi connectivity index (χ0) is 27.2. The lowest BCUT2D eigenvalue weighted by Gasteiger charge is -2.12. The van der Waals surface area contributed by atoms with Crippen LogP contribution in [0.15, 0.2) is 59.5 Å². The topological polar surface area (TPSA) is 121 Å². The van der Waals surface area contributed by atoms with E-state index in [0.717, 1.165) is 16.1 Å².